The second-order valence-corrected chi connectivity index (χ2v) is 5.73. The van der Waals surface area contributed by atoms with E-state index in [-0.39, 0.29) is 12.1 Å². The summed E-state index contributed by atoms with van der Waals surface area (Å²) in [6.45, 7) is 8.15. The Balaban J connectivity index is 1.93. The normalized spacial score (nSPS) is 37.8. The van der Waals surface area contributed by atoms with Crippen LogP contribution in [0.1, 0.15) is 33.1 Å². The second-order valence-electron chi connectivity index (χ2n) is 5.73. The highest BCUT2D eigenvalue weighted by Gasteiger charge is 2.33. The van der Waals surface area contributed by atoms with Gasteiger partial charge in [-0.05, 0) is 37.8 Å². The lowest BCUT2D eigenvalue weighted by Crippen LogP contribution is -2.43. The molecule has 1 unspecified atom stereocenters. The van der Waals surface area contributed by atoms with Gasteiger partial charge in [0, 0.05) is 0 Å². The number of aliphatic hydroxyl groups is 1. The smallest absolute Gasteiger partial charge is 0.0950 e. The van der Waals surface area contributed by atoms with E-state index in [4.69, 9.17) is 4.74 Å². The van der Waals surface area contributed by atoms with E-state index in [1.54, 1.807) is 0 Å². The highest BCUT2D eigenvalue weighted by atomic mass is 16.5. The molecule has 3 nitrogen and oxygen atoms in total. The summed E-state index contributed by atoms with van der Waals surface area (Å²) in [4.78, 5) is 2.42. The minimum absolute atomic E-state index is 0.249. The number of nitrogens with zero attached hydrogens (tertiary/aromatic N) is 1. The van der Waals surface area contributed by atoms with Crippen molar-refractivity contribution in [3.8, 4) is 0 Å². The average molecular weight is 213 g/mol. The first-order chi connectivity index (χ1) is 7.08. The van der Waals surface area contributed by atoms with Crippen molar-refractivity contribution in [2.24, 2.45) is 5.41 Å². The van der Waals surface area contributed by atoms with Crippen molar-refractivity contribution in [2.75, 3.05) is 26.3 Å². The van der Waals surface area contributed by atoms with Gasteiger partial charge in [-0.3, -0.25) is 4.90 Å². The fourth-order valence-electron chi connectivity index (χ4n) is 2.66. The molecule has 2 saturated heterocycles. The zero-order valence-electron chi connectivity index (χ0n) is 9.91. The number of aliphatic hydroxyl groups excluding tert-OH is 1. The molecule has 2 aliphatic heterocycles. The van der Waals surface area contributed by atoms with E-state index in [0.717, 1.165) is 13.1 Å². The predicted molar refractivity (Wildman–Crippen MR) is 59.8 cm³/mol. The summed E-state index contributed by atoms with van der Waals surface area (Å²) in [6.07, 6.45) is 3.51. The van der Waals surface area contributed by atoms with E-state index in [1.807, 2.05) is 0 Å². The first-order valence-corrected chi connectivity index (χ1v) is 6.08. The number of hydrogen-bond donors (Lipinski definition) is 1. The molecular weight excluding hydrogens is 190 g/mol. The van der Waals surface area contributed by atoms with Crippen molar-refractivity contribution < 1.29 is 9.84 Å². The minimum atomic E-state index is -0.272. The fourth-order valence-corrected chi connectivity index (χ4v) is 2.66. The molecular formula is C12H23NO2. The van der Waals surface area contributed by atoms with Gasteiger partial charge in [0.2, 0.25) is 0 Å². The van der Waals surface area contributed by atoms with Gasteiger partial charge in [-0.25, -0.2) is 0 Å². The van der Waals surface area contributed by atoms with Crippen LogP contribution in [0.4, 0.5) is 0 Å². The standard InChI is InChI=1S/C12H23NO2/c1-12(2)4-3-6-13(7-5-12)10-8-15-9-11(10)14/h10-11,14H,3-9H2,1-2H3/t10?,11-/m1/s1. The molecule has 0 aromatic carbocycles. The van der Waals surface area contributed by atoms with Crippen LogP contribution in [0.25, 0.3) is 0 Å². The summed E-state index contributed by atoms with van der Waals surface area (Å²) < 4.78 is 5.32. The maximum atomic E-state index is 9.80. The van der Waals surface area contributed by atoms with Gasteiger partial charge in [0.1, 0.15) is 0 Å². The highest BCUT2D eigenvalue weighted by Crippen LogP contribution is 2.31. The van der Waals surface area contributed by atoms with Gasteiger partial charge >= 0.3 is 0 Å². The summed E-state index contributed by atoms with van der Waals surface area (Å²) in [5.41, 5.74) is 0.471. The number of rotatable bonds is 1. The van der Waals surface area contributed by atoms with Crippen molar-refractivity contribution >= 4 is 0 Å². The van der Waals surface area contributed by atoms with Gasteiger partial charge in [-0.15, -0.1) is 0 Å². The van der Waals surface area contributed by atoms with Crippen LogP contribution in [0.2, 0.25) is 0 Å². The molecule has 0 aliphatic carbocycles. The first kappa shape index (κ1) is 11.4. The molecule has 1 N–H and O–H groups in total. The largest absolute Gasteiger partial charge is 0.389 e. The van der Waals surface area contributed by atoms with Crippen molar-refractivity contribution in [1.29, 1.82) is 0 Å². The van der Waals surface area contributed by atoms with Crippen LogP contribution >= 0.6 is 0 Å². The molecule has 0 aromatic rings. The fraction of sp³-hybridized carbons (Fsp3) is 1.00. The van der Waals surface area contributed by atoms with Crippen LogP contribution in [-0.4, -0.2) is 48.5 Å². The third-order valence-corrected chi connectivity index (χ3v) is 3.87. The van der Waals surface area contributed by atoms with E-state index >= 15 is 0 Å². The van der Waals surface area contributed by atoms with Crippen LogP contribution in [0.15, 0.2) is 0 Å². The average Bonchev–Trinajstić information content (AvgIpc) is 2.49. The van der Waals surface area contributed by atoms with Crippen LogP contribution in [0.3, 0.4) is 0 Å². The summed E-state index contributed by atoms with van der Waals surface area (Å²) >= 11 is 0. The van der Waals surface area contributed by atoms with E-state index < -0.39 is 0 Å². The Kier molecular flexibility index (Phi) is 3.33. The minimum Gasteiger partial charge on any atom is -0.389 e. The molecule has 0 amide bonds. The Morgan fingerprint density at radius 2 is 2.00 bits per heavy atom. The maximum absolute atomic E-state index is 9.80. The van der Waals surface area contributed by atoms with Crippen LogP contribution in [-0.2, 0) is 4.74 Å². The molecule has 2 rings (SSSR count). The third-order valence-electron chi connectivity index (χ3n) is 3.87. The summed E-state index contributed by atoms with van der Waals surface area (Å²) in [5.74, 6) is 0. The molecule has 0 bridgehead atoms. The second kappa shape index (κ2) is 4.40. The lowest BCUT2D eigenvalue weighted by molar-refractivity contribution is 0.0822. The molecule has 2 fully saturated rings. The molecule has 15 heavy (non-hydrogen) atoms. The summed E-state index contributed by atoms with van der Waals surface area (Å²) in [5, 5.41) is 9.80. The van der Waals surface area contributed by atoms with Crippen LogP contribution in [0, 0.1) is 5.41 Å². The van der Waals surface area contributed by atoms with E-state index in [0.29, 0.717) is 18.6 Å². The number of hydrogen-bond acceptors (Lipinski definition) is 3. The molecule has 0 saturated carbocycles. The lowest BCUT2D eigenvalue weighted by atomic mass is 9.85. The van der Waals surface area contributed by atoms with Gasteiger partial charge in [0.05, 0.1) is 25.4 Å². The van der Waals surface area contributed by atoms with E-state index in [1.165, 1.54) is 19.3 Å². The lowest BCUT2D eigenvalue weighted by Gasteiger charge is -2.29. The highest BCUT2D eigenvalue weighted by molar-refractivity contribution is 4.86. The third kappa shape index (κ3) is 2.71. The first-order valence-electron chi connectivity index (χ1n) is 6.08. The quantitative estimate of drug-likeness (QED) is 0.712. The summed E-state index contributed by atoms with van der Waals surface area (Å²) in [6, 6.07) is 0.249. The topological polar surface area (TPSA) is 32.7 Å². The monoisotopic (exact) mass is 213 g/mol. The zero-order chi connectivity index (χ0) is 10.9. The van der Waals surface area contributed by atoms with Gasteiger partial charge in [0.25, 0.3) is 0 Å². The SMILES string of the molecule is CC1(C)CCCN(C2COC[C@H]2O)CC1. The molecule has 0 radical (unpaired) electrons. The molecule has 88 valence electrons. The van der Waals surface area contributed by atoms with Gasteiger partial charge in [0.15, 0.2) is 0 Å². The molecule has 2 atom stereocenters. The molecule has 2 heterocycles. The van der Waals surface area contributed by atoms with Gasteiger partial charge in [-0.1, -0.05) is 13.8 Å². The van der Waals surface area contributed by atoms with E-state index in [9.17, 15) is 5.11 Å². The van der Waals surface area contributed by atoms with Gasteiger partial charge in [-0.2, -0.15) is 0 Å². The molecule has 2 aliphatic rings. The Labute approximate surface area is 92.4 Å². The van der Waals surface area contributed by atoms with Gasteiger partial charge < -0.3 is 9.84 Å². The Bertz CT molecular complexity index is 218. The van der Waals surface area contributed by atoms with Crippen LogP contribution in [0.5, 0.6) is 0 Å². The van der Waals surface area contributed by atoms with Crippen LogP contribution < -0.4 is 0 Å². The van der Waals surface area contributed by atoms with Crippen molar-refractivity contribution in [1.82, 2.24) is 4.90 Å². The molecule has 0 spiro atoms. The predicted octanol–water partition coefficient (Wildman–Crippen LogP) is 1.26. The van der Waals surface area contributed by atoms with Crippen molar-refractivity contribution in [3.63, 3.8) is 0 Å². The summed E-state index contributed by atoms with van der Waals surface area (Å²) in [7, 11) is 0. The number of likely N-dealkylation sites (tertiary alicyclic amines) is 1. The maximum Gasteiger partial charge on any atom is 0.0950 e. The molecule has 0 aromatic heterocycles. The Hall–Kier alpha value is -0.120. The van der Waals surface area contributed by atoms with Crippen molar-refractivity contribution in [3.05, 3.63) is 0 Å². The zero-order valence-corrected chi connectivity index (χ0v) is 9.91. The number of ether oxygens (including phenoxy) is 1. The van der Waals surface area contributed by atoms with Crippen molar-refractivity contribution in [2.45, 2.75) is 45.3 Å². The Morgan fingerprint density at radius 3 is 2.67 bits per heavy atom. The Morgan fingerprint density at radius 1 is 1.20 bits per heavy atom. The molecule has 3 heteroatoms. The van der Waals surface area contributed by atoms with E-state index in [2.05, 4.69) is 18.7 Å².